The average Bonchev–Trinajstić information content (AvgIpc) is 2.34. The molecule has 0 aliphatic heterocycles. The summed E-state index contributed by atoms with van der Waals surface area (Å²) in [5.74, 6) is -0.138. The van der Waals surface area contributed by atoms with Crippen LogP contribution < -0.4 is 0 Å². The van der Waals surface area contributed by atoms with Crippen molar-refractivity contribution < 1.29 is 9.53 Å². The van der Waals surface area contributed by atoms with Gasteiger partial charge in [-0.3, -0.25) is 9.69 Å². The van der Waals surface area contributed by atoms with E-state index in [0.717, 1.165) is 12.0 Å². The summed E-state index contributed by atoms with van der Waals surface area (Å²) in [5.41, 5.74) is 1.15. The number of nitrogens with zero attached hydrogens (tertiary/aromatic N) is 1. The van der Waals surface area contributed by atoms with E-state index in [2.05, 4.69) is 0 Å². The van der Waals surface area contributed by atoms with Crippen LogP contribution in [-0.4, -0.2) is 37.6 Å². The lowest BCUT2D eigenvalue weighted by Gasteiger charge is -2.22. The van der Waals surface area contributed by atoms with Crippen molar-refractivity contribution in [2.45, 2.75) is 25.8 Å². The Morgan fingerprint density at radius 3 is 2.39 bits per heavy atom. The third kappa shape index (κ3) is 5.52. The maximum atomic E-state index is 11.9. The van der Waals surface area contributed by atoms with E-state index < -0.39 is 0 Å². The van der Waals surface area contributed by atoms with Gasteiger partial charge in [-0.05, 0) is 32.5 Å². The van der Waals surface area contributed by atoms with E-state index in [-0.39, 0.29) is 24.4 Å². The summed E-state index contributed by atoms with van der Waals surface area (Å²) in [5, 5.41) is 0. The zero-order valence-corrected chi connectivity index (χ0v) is 12.1. The van der Waals surface area contributed by atoms with Crippen LogP contribution in [0.3, 0.4) is 0 Å². The highest BCUT2D eigenvalue weighted by atomic mass is 35.5. The second-order valence-corrected chi connectivity index (χ2v) is 4.34. The highest BCUT2D eigenvalue weighted by Gasteiger charge is 2.22. The zero-order chi connectivity index (χ0) is 12.7. The van der Waals surface area contributed by atoms with Gasteiger partial charge in [0.1, 0.15) is 6.04 Å². The van der Waals surface area contributed by atoms with Crippen molar-refractivity contribution in [3.8, 4) is 0 Å². The van der Waals surface area contributed by atoms with Crippen LogP contribution in [0, 0.1) is 0 Å². The lowest BCUT2D eigenvalue weighted by molar-refractivity contribution is -0.149. The van der Waals surface area contributed by atoms with Gasteiger partial charge in [0.25, 0.3) is 0 Å². The Balaban J connectivity index is 0.00000289. The molecule has 0 radical (unpaired) electrons. The number of esters is 1. The topological polar surface area (TPSA) is 29.5 Å². The van der Waals surface area contributed by atoms with Gasteiger partial charge in [0.05, 0.1) is 6.61 Å². The third-order valence-electron chi connectivity index (χ3n) is 2.62. The quantitative estimate of drug-likeness (QED) is 0.745. The molecule has 1 aromatic carbocycles. The standard InChI is InChI=1S/C14H21NO2.ClH/c1-4-10-17-14(16)13(15(2)3)11-12-8-6-5-7-9-12;/h5-9,13H,4,10-11H2,1-3H3;1H. The monoisotopic (exact) mass is 271 g/mol. The van der Waals surface area contributed by atoms with Crippen molar-refractivity contribution >= 4 is 18.4 Å². The molecule has 0 N–H and O–H groups in total. The first-order chi connectivity index (χ1) is 8.15. The van der Waals surface area contributed by atoms with Crippen molar-refractivity contribution in [3.63, 3.8) is 0 Å². The van der Waals surface area contributed by atoms with E-state index in [1.165, 1.54) is 0 Å². The molecular formula is C14H22ClNO2. The number of hydrogen-bond acceptors (Lipinski definition) is 3. The minimum Gasteiger partial charge on any atom is -0.465 e. The maximum Gasteiger partial charge on any atom is 0.323 e. The van der Waals surface area contributed by atoms with E-state index in [4.69, 9.17) is 4.74 Å². The molecule has 102 valence electrons. The fraction of sp³-hybridized carbons (Fsp3) is 0.500. The van der Waals surface area contributed by atoms with Crippen LogP contribution >= 0.6 is 12.4 Å². The molecule has 1 aromatic rings. The average molecular weight is 272 g/mol. The van der Waals surface area contributed by atoms with Crippen LogP contribution in [0.1, 0.15) is 18.9 Å². The molecule has 0 heterocycles. The summed E-state index contributed by atoms with van der Waals surface area (Å²) in [6.45, 7) is 2.49. The first-order valence-corrected chi connectivity index (χ1v) is 6.02. The Hall–Kier alpha value is -1.06. The Labute approximate surface area is 116 Å². The molecule has 1 atom stereocenters. The molecule has 0 saturated carbocycles. The van der Waals surface area contributed by atoms with Gasteiger partial charge in [0, 0.05) is 0 Å². The molecular weight excluding hydrogens is 250 g/mol. The molecule has 4 heteroatoms. The van der Waals surface area contributed by atoms with Gasteiger partial charge < -0.3 is 4.74 Å². The van der Waals surface area contributed by atoms with Crippen LogP contribution in [-0.2, 0) is 16.0 Å². The molecule has 0 aliphatic rings. The maximum absolute atomic E-state index is 11.9. The molecule has 1 unspecified atom stereocenters. The second kappa shape index (κ2) is 8.95. The molecule has 0 aromatic heterocycles. The van der Waals surface area contributed by atoms with Crippen molar-refractivity contribution in [3.05, 3.63) is 35.9 Å². The van der Waals surface area contributed by atoms with Crippen molar-refractivity contribution in [1.82, 2.24) is 4.90 Å². The fourth-order valence-electron chi connectivity index (χ4n) is 1.61. The van der Waals surface area contributed by atoms with Crippen molar-refractivity contribution in [1.29, 1.82) is 0 Å². The summed E-state index contributed by atoms with van der Waals surface area (Å²) >= 11 is 0. The summed E-state index contributed by atoms with van der Waals surface area (Å²) in [6, 6.07) is 9.80. The molecule has 0 spiro atoms. The van der Waals surface area contributed by atoms with E-state index in [0.29, 0.717) is 13.0 Å². The summed E-state index contributed by atoms with van der Waals surface area (Å²) in [4.78, 5) is 13.8. The number of halogens is 1. The molecule has 18 heavy (non-hydrogen) atoms. The first kappa shape index (κ1) is 16.9. The highest BCUT2D eigenvalue weighted by Crippen LogP contribution is 2.08. The van der Waals surface area contributed by atoms with Crippen LogP contribution in [0.15, 0.2) is 30.3 Å². The molecule has 0 amide bonds. The molecule has 0 aliphatic carbocycles. The molecule has 3 nitrogen and oxygen atoms in total. The van der Waals surface area contributed by atoms with Gasteiger partial charge in [-0.25, -0.2) is 0 Å². The largest absolute Gasteiger partial charge is 0.465 e. The van der Waals surface area contributed by atoms with Gasteiger partial charge >= 0.3 is 5.97 Å². The van der Waals surface area contributed by atoms with Crippen LogP contribution in [0.25, 0.3) is 0 Å². The fourth-order valence-corrected chi connectivity index (χ4v) is 1.61. The number of hydrogen-bond donors (Lipinski definition) is 0. The van der Waals surface area contributed by atoms with Gasteiger partial charge in [-0.15, -0.1) is 12.4 Å². The van der Waals surface area contributed by atoms with Crippen LogP contribution in [0.2, 0.25) is 0 Å². The minimum atomic E-state index is -0.205. The summed E-state index contributed by atoms with van der Waals surface area (Å²) < 4.78 is 5.21. The third-order valence-corrected chi connectivity index (χ3v) is 2.62. The van der Waals surface area contributed by atoms with Gasteiger partial charge in [-0.2, -0.15) is 0 Å². The van der Waals surface area contributed by atoms with Gasteiger partial charge in [0.15, 0.2) is 0 Å². The summed E-state index contributed by atoms with van der Waals surface area (Å²) in [6.07, 6.45) is 1.55. The molecule has 0 saturated heterocycles. The second-order valence-electron chi connectivity index (χ2n) is 4.34. The predicted molar refractivity (Wildman–Crippen MR) is 76.1 cm³/mol. The SMILES string of the molecule is CCCOC(=O)C(Cc1ccccc1)N(C)C.Cl. The number of carbonyl (C=O) groups excluding carboxylic acids is 1. The summed E-state index contributed by atoms with van der Waals surface area (Å²) in [7, 11) is 3.81. The number of carbonyl (C=O) groups is 1. The Morgan fingerprint density at radius 1 is 1.28 bits per heavy atom. The lowest BCUT2D eigenvalue weighted by Crippen LogP contribution is -2.39. The normalized spacial score (nSPS) is 11.8. The number of rotatable bonds is 6. The Morgan fingerprint density at radius 2 is 1.89 bits per heavy atom. The van der Waals surface area contributed by atoms with Crippen LogP contribution in [0.4, 0.5) is 0 Å². The zero-order valence-electron chi connectivity index (χ0n) is 11.3. The van der Waals surface area contributed by atoms with E-state index in [1.54, 1.807) is 0 Å². The molecule has 0 bridgehead atoms. The predicted octanol–water partition coefficient (Wildman–Crippen LogP) is 2.53. The van der Waals surface area contributed by atoms with Crippen molar-refractivity contribution in [2.24, 2.45) is 0 Å². The number of benzene rings is 1. The highest BCUT2D eigenvalue weighted by molar-refractivity contribution is 5.85. The van der Waals surface area contributed by atoms with E-state index >= 15 is 0 Å². The minimum absolute atomic E-state index is 0. The number of likely N-dealkylation sites (N-methyl/N-ethyl adjacent to an activating group) is 1. The van der Waals surface area contributed by atoms with E-state index in [9.17, 15) is 4.79 Å². The Bertz CT molecular complexity index is 341. The van der Waals surface area contributed by atoms with Crippen LogP contribution in [0.5, 0.6) is 0 Å². The number of ether oxygens (including phenoxy) is 1. The smallest absolute Gasteiger partial charge is 0.323 e. The lowest BCUT2D eigenvalue weighted by atomic mass is 10.1. The van der Waals surface area contributed by atoms with E-state index in [1.807, 2.05) is 56.3 Å². The van der Waals surface area contributed by atoms with Gasteiger partial charge in [0.2, 0.25) is 0 Å². The Kier molecular flexibility index (Phi) is 8.42. The first-order valence-electron chi connectivity index (χ1n) is 6.02. The van der Waals surface area contributed by atoms with Gasteiger partial charge in [-0.1, -0.05) is 37.3 Å². The molecule has 1 rings (SSSR count). The molecule has 0 fully saturated rings. The van der Waals surface area contributed by atoms with Crippen molar-refractivity contribution in [2.75, 3.05) is 20.7 Å².